The van der Waals surface area contributed by atoms with Crippen molar-refractivity contribution in [2.75, 3.05) is 0 Å². The minimum absolute atomic E-state index is 0.0816. The van der Waals surface area contributed by atoms with E-state index in [-0.39, 0.29) is 12.4 Å². The number of nitriles is 1. The van der Waals surface area contributed by atoms with E-state index in [0.717, 1.165) is 4.68 Å². The summed E-state index contributed by atoms with van der Waals surface area (Å²) in [6, 6.07) is 9.85. The first-order valence-electron chi connectivity index (χ1n) is 7.81. The number of carbonyl (C=O) groups excluding carboxylic acids is 3. The molecule has 2 aromatic rings. The summed E-state index contributed by atoms with van der Waals surface area (Å²) in [5.74, 6) is -1.30. The second-order valence-corrected chi connectivity index (χ2v) is 5.61. The van der Waals surface area contributed by atoms with Crippen molar-refractivity contribution in [2.24, 2.45) is 0 Å². The molecule has 1 saturated heterocycles. The molecule has 10 heteroatoms. The standard InChI is InChI=1S/C16H15N7O3/c1-2-16(11-6-4-3-5-7-11)14(25)23(15(26)19-16)21-13(24)9-22-10-18-12(8-17)20-22/h3-7,10H,2,9H2,1H3,(H,19,26)(H,21,24). The fourth-order valence-electron chi connectivity index (χ4n) is 2.77. The van der Waals surface area contributed by atoms with E-state index in [1.54, 1.807) is 43.3 Å². The van der Waals surface area contributed by atoms with Gasteiger partial charge in [-0.2, -0.15) is 10.3 Å². The molecule has 2 N–H and O–H groups in total. The highest BCUT2D eigenvalue weighted by atomic mass is 16.2. The highest BCUT2D eigenvalue weighted by Gasteiger charge is 2.52. The third kappa shape index (κ3) is 2.86. The zero-order valence-electron chi connectivity index (χ0n) is 13.8. The smallest absolute Gasteiger partial charge is 0.318 e. The summed E-state index contributed by atoms with van der Waals surface area (Å²) >= 11 is 0. The van der Waals surface area contributed by atoms with Crippen molar-refractivity contribution >= 4 is 17.8 Å². The van der Waals surface area contributed by atoms with Gasteiger partial charge in [0, 0.05) is 0 Å². The quantitative estimate of drug-likeness (QED) is 0.729. The SMILES string of the molecule is CCC1(c2ccccc2)NC(=O)N(NC(=O)Cn2cnc(C#N)n2)C1=O. The zero-order chi connectivity index (χ0) is 18.7. The molecule has 1 fully saturated rings. The third-order valence-corrected chi connectivity index (χ3v) is 4.07. The minimum atomic E-state index is -1.23. The lowest BCUT2D eigenvalue weighted by atomic mass is 9.87. The van der Waals surface area contributed by atoms with Crippen LogP contribution in [0.15, 0.2) is 36.7 Å². The Morgan fingerprint density at radius 3 is 2.69 bits per heavy atom. The summed E-state index contributed by atoms with van der Waals surface area (Å²) in [4.78, 5) is 40.9. The predicted molar refractivity (Wildman–Crippen MR) is 86.7 cm³/mol. The Balaban J connectivity index is 1.76. The Labute approximate surface area is 148 Å². The number of aromatic nitrogens is 3. The van der Waals surface area contributed by atoms with Gasteiger partial charge in [0.25, 0.3) is 17.6 Å². The van der Waals surface area contributed by atoms with E-state index in [1.807, 2.05) is 0 Å². The van der Waals surface area contributed by atoms with E-state index in [2.05, 4.69) is 20.8 Å². The number of benzene rings is 1. The monoisotopic (exact) mass is 353 g/mol. The molecule has 3 rings (SSSR count). The average Bonchev–Trinajstić information content (AvgIpc) is 3.20. The maximum absolute atomic E-state index is 12.9. The molecule has 0 radical (unpaired) electrons. The highest BCUT2D eigenvalue weighted by Crippen LogP contribution is 2.31. The number of amides is 4. The molecule has 1 aromatic heterocycles. The lowest BCUT2D eigenvalue weighted by molar-refractivity contribution is -0.139. The van der Waals surface area contributed by atoms with Crippen molar-refractivity contribution in [3.8, 4) is 6.07 Å². The van der Waals surface area contributed by atoms with Crippen LogP contribution in [0.25, 0.3) is 0 Å². The fraction of sp³-hybridized carbons (Fsp3) is 0.250. The van der Waals surface area contributed by atoms with Crippen LogP contribution in [0.5, 0.6) is 0 Å². The van der Waals surface area contributed by atoms with Crippen LogP contribution in [0, 0.1) is 11.3 Å². The van der Waals surface area contributed by atoms with Gasteiger partial charge in [-0.05, 0) is 12.0 Å². The van der Waals surface area contributed by atoms with Crippen LogP contribution in [0.1, 0.15) is 24.7 Å². The molecule has 10 nitrogen and oxygen atoms in total. The summed E-state index contributed by atoms with van der Waals surface area (Å²) in [7, 11) is 0. The maximum Gasteiger partial charge on any atom is 0.344 e. The predicted octanol–water partition coefficient (Wildman–Crippen LogP) is 0.0383. The van der Waals surface area contributed by atoms with Crippen molar-refractivity contribution in [3.05, 3.63) is 48.0 Å². The van der Waals surface area contributed by atoms with Crippen LogP contribution >= 0.6 is 0 Å². The van der Waals surface area contributed by atoms with E-state index >= 15 is 0 Å². The number of imide groups is 1. The van der Waals surface area contributed by atoms with Crippen molar-refractivity contribution in [1.29, 1.82) is 5.26 Å². The Morgan fingerprint density at radius 1 is 1.35 bits per heavy atom. The van der Waals surface area contributed by atoms with Gasteiger partial charge >= 0.3 is 6.03 Å². The molecule has 1 aliphatic rings. The second kappa shape index (κ2) is 6.64. The summed E-state index contributed by atoms with van der Waals surface area (Å²) in [5, 5.41) is 15.8. The molecule has 0 bridgehead atoms. The molecule has 1 unspecified atom stereocenters. The minimum Gasteiger partial charge on any atom is -0.318 e. The summed E-state index contributed by atoms with van der Waals surface area (Å²) in [5.41, 5.74) is 1.68. The summed E-state index contributed by atoms with van der Waals surface area (Å²) in [6.45, 7) is 1.48. The topological polar surface area (TPSA) is 133 Å². The molecule has 1 aliphatic heterocycles. The normalized spacial score (nSPS) is 19.2. The van der Waals surface area contributed by atoms with Gasteiger partial charge in [-0.3, -0.25) is 15.0 Å². The van der Waals surface area contributed by atoms with Crippen molar-refractivity contribution in [2.45, 2.75) is 25.4 Å². The second-order valence-electron chi connectivity index (χ2n) is 5.61. The molecule has 1 atom stereocenters. The van der Waals surface area contributed by atoms with E-state index in [9.17, 15) is 14.4 Å². The number of hydrazine groups is 1. The molecule has 0 aliphatic carbocycles. The van der Waals surface area contributed by atoms with Gasteiger partial charge < -0.3 is 5.32 Å². The van der Waals surface area contributed by atoms with E-state index in [0.29, 0.717) is 17.0 Å². The Hall–Kier alpha value is -3.74. The number of hydrogen-bond acceptors (Lipinski definition) is 6. The Morgan fingerprint density at radius 2 is 2.08 bits per heavy atom. The fourth-order valence-corrected chi connectivity index (χ4v) is 2.77. The number of rotatable bonds is 5. The molecular weight excluding hydrogens is 338 g/mol. The largest absolute Gasteiger partial charge is 0.344 e. The van der Waals surface area contributed by atoms with Gasteiger partial charge in [-0.15, -0.1) is 5.10 Å². The lowest BCUT2D eigenvalue weighted by Gasteiger charge is -2.25. The molecule has 4 amide bonds. The highest BCUT2D eigenvalue weighted by molar-refractivity contribution is 6.08. The van der Waals surface area contributed by atoms with E-state index in [1.165, 1.54) is 6.33 Å². The van der Waals surface area contributed by atoms with Gasteiger partial charge in [0.2, 0.25) is 0 Å². The molecule has 0 spiro atoms. The third-order valence-electron chi connectivity index (χ3n) is 4.07. The molecule has 132 valence electrons. The molecule has 26 heavy (non-hydrogen) atoms. The van der Waals surface area contributed by atoms with Crippen LogP contribution in [0.4, 0.5) is 4.79 Å². The van der Waals surface area contributed by atoms with Crippen molar-refractivity contribution in [3.63, 3.8) is 0 Å². The maximum atomic E-state index is 12.9. The number of nitrogens with zero attached hydrogens (tertiary/aromatic N) is 5. The number of hydrogen-bond donors (Lipinski definition) is 2. The van der Waals surface area contributed by atoms with Crippen LogP contribution in [-0.2, 0) is 21.7 Å². The molecular formula is C16H15N7O3. The van der Waals surface area contributed by atoms with Crippen LogP contribution < -0.4 is 10.7 Å². The van der Waals surface area contributed by atoms with Crippen molar-refractivity contribution < 1.29 is 14.4 Å². The van der Waals surface area contributed by atoms with E-state index in [4.69, 9.17) is 5.26 Å². The Kier molecular flexibility index (Phi) is 4.36. The van der Waals surface area contributed by atoms with Gasteiger partial charge in [-0.1, -0.05) is 37.3 Å². The summed E-state index contributed by atoms with van der Waals surface area (Å²) < 4.78 is 1.14. The van der Waals surface area contributed by atoms with Crippen molar-refractivity contribution in [1.82, 2.24) is 30.5 Å². The van der Waals surface area contributed by atoms with Gasteiger partial charge in [0.1, 0.15) is 24.5 Å². The summed E-state index contributed by atoms with van der Waals surface area (Å²) in [6.07, 6.45) is 1.53. The van der Waals surface area contributed by atoms with Crippen LogP contribution in [-0.4, -0.2) is 37.6 Å². The zero-order valence-corrected chi connectivity index (χ0v) is 13.8. The average molecular weight is 353 g/mol. The van der Waals surface area contributed by atoms with Gasteiger partial charge in [0.05, 0.1) is 0 Å². The number of nitrogens with one attached hydrogen (secondary N) is 2. The van der Waals surface area contributed by atoms with Gasteiger partial charge in [-0.25, -0.2) is 14.5 Å². The molecule has 2 heterocycles. The van der Waals surface area contributed by atoms with Crippen LogP contribution in [0.3, 0.4) is 0 Å². The Bertz CT molecular complexity index is 902. The number of urea groups is 1. The lowest BCUT2D eigenvalue weighted by Crippen LogP contribution is -2.49. The van der Waals surface area contributed by atoms with E-state index < -0.39 is 23.4 Å². The van der Waals surface area contributed by atoms with Gasteiger partial charge in [0.15, 0.2) is 0 Å². The first kappa shape index (κ1) is 17.1. The first-order chi connectivity index (χ1) is 12.5. The molecule has 0 saturated carbocycles. The van der Waals surface area contributed by atoms with Crippen LogP contribution in [0.2, 0.25) is 0 Å². The first-order valence-corrected chi connectivity index (χ1v) is 7.81. The number of carbonyl (C=O) groups is 3. The molecule has 1 aromatic carbocycles.